The summed E-state index contributed by atoms with van der Waals surface area (Å²) < 4.78 is 0. The minimum absolute atomic E-state index is 1.14. The van der Waals surface area contributed by atoms with Crippen LogP contribution in [0.5, 0.6) is 0 Å². The van der Waals surface area contributed by atoms with Crippen LogP contribution in [0.4, 0.5) is 0 Å². The van der Waals surface area contributed by atoms with E-state index < -0.39 is 0 Å². The first-order valence-corrected chi connectivity index (χ1v) is 6.68. The Morgan fingerprint density at radius 3 is 1.33 bits per heavy atom. The molecule has 92 valence electrons. The van der Waals surface area contributed by atoms with Gasteiger partial charge in [0.25, 0.3) is 0 Å². The van der Waals surface area contributed by atoms with Crippen LogP contribution in [0.15, 0.2) is 72.8 Å². The van der Waals surface area contributed by atoms with Gasteiger partial charge in [0.15, 0.2) is 0 Å². The number of rotatable bonds is 6. The molecule has 0 nitrogen and oxygen atoms in total. The molecular weight excluding hydrogens is 216 g/mol. The van der Waals surface area contributed by atoms with Crippen LogP contribution in [0.2, 0.25) is 0 Å². The van der Waals surface area contributed by atoms with Gasteiger partial charge in [-0.2, -0.15) is 0 Å². The summed E-state index contributed by atoms with van der Waals surface area (Å²) >= 11 is 0. The maximum Gasteiger partial charge on any atom is -0.0244 e. The maximum absolute atomic E-state index is 2.30. The van der Waals surface area contributed by atoms with Crippen LogP contribution in [-0.4, -0.2) is 0 Å². The molecule has 2 aromatic rings. The van der Waals surface area contributed by atoms with Gasteiger partial charge >= 0.3 is 0 Å². The molecule has 0 spiro atoms. The fourth-order valence-electron chi connectivity index (χ4n) is 2.03. The van der Waals surface area contributed by atoms with Gasteiger partial charge in [-0.15, -0.1) is 0 Å². The Kier molecular flexibility index (Phi) is 5.26. The summed E-state index contributed by atoms with van der Waals surface area (Å²) in [4.78, 5) is 0. The third-order valence-electron chi connectivity index (χ3n) is 3.05. The summed E-state index contributed by atoms with van der Waals surface area (Å²) in [7, 11) is 0. The summed E-state index contributed by atoms with van der Waals surface area (Å²) in [5.41, 5.74) is 2.84. The average Bonchev–Trinajstić information content (AvgIpc) is 2.45. The lowest BCUT2D eigenvalue weighted by Crippen LogP contribution is -1.83. The molecule has 2 aromatic carbocycles. The van der Waals surface area contributed by atoms with Crippen molar-refractivity contribution in [2.45, 2.75) is 25.7 Å². The lowest BCUT2D eigenvalue weighted by molar-refractivity contribution is 0.961. The van der Waals surface area contributed by atoms with E-state index in [0.717, 1.165) is 25.7 Å². The zero-order chi connectivity index (χ0) is 12.5. The highest BCUT2D eigenvalue weighted by atomic mass is 14.0. The van der Waals surface area contributed by atoms with Crippen molar-refractivity contribution in [3.63, 3.8) is 0 Å². The lowest BCUT2D eigenvalue weighted by Gasteiger charge is -1.98. The molecule has 0 bridgehead atoms. The van der Waals surface area contributed by atoms with Crippen LogP contribution in [-0.2, 0) is 12.8 Å². The predicted molar refractivity (Wildman–Crippen MR) is 78.7 cm³/mol. The molecule has 2 rings (SSSR count). The van der Waals surface area contributed by atoms with E-state index in [0.29, 0.717) is 0 Å². The van der Waals surface area contributed by atoms with E-state index in [9.17, 15) is 0 Å². The van der Waals surface area contributed by atoms with Crippen molar-refractivity contribution in [2.75, 3.05) is 0 Å². The third-order valence-corrected chi connectivity index (χ3v) is 3.05. The fourth-order valence-corrected chi connectivity index (χ4v) is 2.03. The Morgan fingerprint density at radius 2 is 0.944 bits per heavy atom. The van der Waals surface area contributed by atoms with Crippen molar-refractivity contribution in [3.05, 3.63) is 83.9 Å². The molecule has 0 heteroatoms. The van der Waals surface area contributed by atoms with E-state index in [4.69, 9.17) is 0 Å². The molecule has 0 aliphatic carbocycles. The second-order valence-electron chi connectivity index (χ2n) is 4.52. The third kappa shape index (κ3) is 4.58. The van der Waals surface area contributed by atoms with Crippen LogP contribution < -0.4 is 0 Å². The summed E-state index contributed by atoms with van der Waals surface area (Å²) in [6.45, 7) is 0. The lowest BCUT2D eigenvalue weighted by atomic mass is 10.1. The van der Waals surface area contributed by atoms with Crippen molar-refractivity contribution in [1.29, 1.82) is 0 Å². The van der Waals surface area contributed by atoms with E-state index in [1.165, 1.54) is 11.1 Å². The molecule has 0 saturated carbocycles. The molecule has 0 atom stereocenters. The number of benzene rings is 2. The van der Waals surface area contributed by atoms with E-state index in [-0.39, 0.29) is 0 Å². The van der Waals surface area contributed by atoms with Crippen molar-refractivity contribution < 1.29 is 0 Å². The van der Waals surface area contributed by atoms with Crippen LogP contribution in [0.25, 0.3) is 0 Å². The molecule has 0 amide bonds. The Balaban J connectivity index is 1.64. The molecule has 0 saturated heterocycles. The molecule has 0 fully saturated rings. The van der Waals surface area contributed by atoms with Crippen LogP contribution in [0.3, 0.4) is 0 Å². The molecule has 0 radical (unpaired) electrons. The first kappa shape index (κ1) is 12.6. The van der Waals surface area contributed by atoms with E-state index in [2.05, 4.69) is 72.8 Å². The van der Waals surface area contributed by atoms with Crippen LogP contribution in [0, 0.1) is 0 Å². The van der Waals surface area contributed by atoms with Gasteiger partial charge in [-0.1, -0.05) is 72.8 Å². The zero-order valence-corrected chi connectivity index (χ0v) is 10.8. The first-order valence-electron chi connectivity index (χ1n) is 6.68. The van der Waals surface area contributed by atoms with Gasteiger partial charge < -0.3 is 0 Å². The summed E-state index contributed by atoms with van der Waals surface area (Å²) in [6.07, 6.45) is 9.16. The Hall–Kier alpha value is -1.82. The molecule has 0 aliphatic rings. The topological polar surface area (TPSA) is 0 Å². The van der Waals surface area contributed by atoms with Gasteiger partial charge in [-0.3, -0.25) is 0 Å². The van der Waals surface area contributed by atoms with Crippen molar-refractivity contribution in [2.24, 2.45) is 0 Å². The number of hydrogen-bond acceptors (Lipinski definition) is 0. The highest BCUT2D eigenvalue weighted by molar-refractivity contribution is 5.16. The summed E-state index contributed by atoms with van der Waals surface area (Å²) in [5.74, 6) is 0. The average molecular weight is 236 g/mol. The SMILES string of the molecule is C(=C/CCc1ccccc1)/CCc1ccccc1. The smallest absolute Gasteiger partial charge is 0.0244 e. The molecular formula is C18H20. The van der Waals surface area contributed by atoms with Crippen molar-refractivity contribution in [3.8, 4) is 0 Å². The Labute approximate surface area is 110 Å². The first-order chi connectivity index (χ1) is 8.95. The minimum Gasteiger partial charge on any atom is -0.0882 e. The van der Waals surface area contributed by atoms with Crippen LogP contribution in [0.1, 0.15) is 24.0 Å². The number of allylic oxidation sites excluding steroid dienone is 2. The fraction of sp³-hybridized carbons (Fsp3) is 0.222. The number of hydrogen-bond donors (Lipinski definition) is 0. The molecule has 0 unspecified atom stereocenters. The maximum atomic E-state index is 2.30. The summed E-state index contributed by atoms with van der Waals surface area (Å²) in [5, 5.41) is 0. The quantitative estimate of drug-likeness (QED) is 0.631. The monoisotopic (exact) mass is 236 g/mol. The Morgan fingerprint density at radius 1 is 0.556 bits per heavy atom. The standard InChI is InChI=1S/C18H20/c1(5-11-17-13-7-3-8-14-17)2-6-12-18-15-9-4-10-16-18/h1-4,7-10,13-16H,5-6,11-12H2/b2-1-. The van der Waals surface area contributed by atoms with Gasteiger partial charge in [0.2, 0.25) is 0 Å². The minimum atomic E-state index is 1.14. The van der Waals surface area contributed by atoms with Crippen molar-refractivity contribution >= 4 is 0 Å². The van der Waals surface area contributed by atoms with E-state index in [1.54, 1.807) is 0 Å². The largest absolute Gasteiger partial charge is 0.0882 e. The Bertz CT molecular complexity index is 408. The molecule has 18 heavy (non-hydrogen) atoms. The van der Waals surface area contributed by atoms with Gasteiger partial charge in [-0.05, 0) is 36.8 Å². The molecule has 0 N–H and O–H groups in total. The predicted octanol–water partition coefficient (Wildman–Crippen LogP) is 4.81. The molecule has 0 aliphatic heterocycles. The number of aryl methyl sites for hydroxylation is 2. The van der Waals surface area contributed by atoms with Gasteiger partial charge in [0.1, 0.15) is 0 Å². The van der Waals surface area contributed by atoms with Gasteiger partial charge in [0.05, 0.1) is 0 Å². The second kappa shape index (κ2) is 7.50. The van der Waals surface area contributed by atoms with Crippen LogP contribution >= 0.6 is 0 Å². The van der Waals surface area contributed by atoms with E-state index in [1.807, 2.05) is 0 Å². The molecule has 0 heterocycles. The highest BCUT2D eigenvalue weighted by Gasteiger charge is 1.89. The summed E-state index contributed by atoms with van der Waals surface area (Å²) in [6, 6.07) is 21.3. The normalized spacial score (nSPS) is 10.9. The van der Waals surface area contributed by atoms with Crippen molar-refractivity contribution in [1.82, 2.24) is 0 Å². The highest BCUT2D eigenvalue weighted by Crippen LogP contribution is 2.05. The zero-order valence-electron chi connectivity index (χ0n) is 10.8. The van der Waals surface area contributed by atoms with Gasteiger partial charge in [-0.25, -0.2) is 0 Å². The second-order valence-corrected chi connectivity index (χ2v) is 4.52. The van der Waals surface area contributed by atoms with Gasteiger partial charge in [0, 0.05) is 0 Å². The van der Waals surface area contributed by atoms with E-state index >= 15 is 0 Å². The molecule has 0 aromatic heterocycles.